The molecule has 0 atom stereocenters. The van der Waals surface area contributed by atoms with E-state index in [-0.39, 0.29) is 5.56 Å². The number of rotatable bonds is 5. The van der Waals surface area contributed by atoms with Gasteiger partial charge in [0.15, 0.2) is 5.65 Å². The van der Waals surface area contributed by atoms with E-state index in [1.165, 1.54) is 11.8 Å². The van der Waals surface area contributed by atoms with Gasteiger partial charge in [-0.25, -0.2) is 4.98 Å². The molecule has 0 fully saturated rings. The largest absolute Gasteiger partial charge is 0.444 e. The Bertz CT molecular complexity index is 1110. The normalized spacial score (nSPS) is 11.2. The fraction of sp³-hybridized carbons (Fsp3) is 0.222. The minimum atomic E-state index is -0.214. The zero-order valence-corrected chi connectivity index (χ0v) is 14.5. The average molecular weight is 350 g/mol. The van der Waals surface area contributed by atoms with Gasteiger partial charge in [-0.1, -0.05) is 17.7 Å². The van der Waals surface area contributed by atoms with E-state index in [2.05, 4.69) is 25.4 Å². The molecule has 0 saturated heterocycles. The Morgan fingerprint density at radius 2 is 2.04 bits per heavy atom. The Labute approximate surface area is 148 Å². The van der Waals surface area contributed by atoms with Gasteiger partial charge in [-0.3, -0.25) is 14.5 Å². The summed E-state index contributed by atoms with van der Waals surface area (Å²) in [4.78, 5) is 23.6. The quantitative estimate of drug-likeness (QED) is 0.572. The van der Waals surface area contributed by atoms with Crippen molar-refractivity contribution in [2.24, 2.45) is 7.05 Å². The van der Waals surface area contributed by atoms with Crippen LogP contribution in [0.1, 0.15) is 11.3 Å². The highest BCUT2D eigenvalue weighted by Crippen LogP contribution is 2.19. The predicted octanol–water partition coefficient (Wildman–Crippen LogP) is 2.27. The van der Waals surface area contributed by atoms with Gasteiger partial charge in [-0.15, -0.1) is 0 Å². The second-order valence-electron chi connectivity index (χ2n) is 6.11. The highest BCUT2D eigenvalue weighted by Gasteiger charge is 2.09. The molecule has 4 rings (SSSR count). The van der Waals surface area contributed by atoms with Crippen LogP contribution in [0.3, 0.4) is 0 Å². The molecule has 0 aliphatic rings. The molecule has 0 aliphatic heterocycles. The number of nitrogens with zero attached hydrogens (tertiary/aromatic N) is 4. The smallest absolute Gasteiger partial charge is 0.263 e. The number of anilines is 1. The van der Waals surface area contributed by atoms with Crippen LogP contribution in [-0.4, -0.2) is 31.3 Å². The fourth-order valence-electron chi connectivity index (χ4n) is 2.68. The van der Waals surface area contributed by atoms with Crippen LogP contribution in [0.5, 0.6) is 0 Å². The van der Waals surface area contributed by atoms with E-state index in [0.29, 0.717) is 35.8 Å². The second kappa shape index (κ2) is 6.47. The summed E-state index contributed by atoms with van der Waals surface area (Å²) >= 11 is 0. The molecule has 4 aromatic rings. The molecule has 2 N–H and O–H groups in total. The van der Waals surface area contributed by atoms with E-state index in [0.717, 1.165) is 11.3 Å². The maximum atomic E-state index is 12.0. The standard InChI is InChI=1S/C18H18N6O2/c1-11-3-5-12(6-4-11)17-21-13(10-26-17)7-8-19-18-22-15-14(16(25)23-18)9-20-24(15)2/h3-6,9-10H,7-8H2,1-2H3,(H2,19,22,23,25). The van der Waals surface area contributed by atoms with Crippen LogP contribution >= 0.6 is 0 Å². The lowest BCUT2D eigenvalue weighted by Crippen LogP contribution is -2.15. The average Bonchev–Trinajstić information content (AvgIpc) is 3.24. The Hall–Kier alpha value is -3.42. The van der Waals surface area contributed by atoms with Crippen molar-refractivity contribution in [1.82, 2.24) is 24.7 Å². The van der Waals surface area contributed by atoms with Crippen molar-refractivity contribution >= 4 is 17.0 Å². The van der Waals surface area contributed by atoms with Crippen molar-refractivity contribution in [2.45, 2.75) is 13.3 Å². The van der Waals surface area contributed by atoms with E-state index in [9.17, 15) is 4.79 Å². The van der Waals surface area contributed by atoms with Gasteiger partial charge in [0.25, 0.3) is 5.56 Å². The topological polar surface area (TPSA) is 102 Å². The van der Waals surface area contributed by atoms with Crippen LogP contribution in [0.25, 0.3) is 22.5 Å². The van der Waals surface area contributed by atoms with Crippen molar-refractivity contribution in [3.63, 3.8) is 0 Å². The Morgan fingerprint density at radius 1 is 1.23 bits per heavy atom. The van der Waals surface area contributed by atoms with Gasteiger partial charge in [0, 0.05) is 25.6 Å². The first-order valence-corrected chi connectivity index (χ1v) is 8.27. The molecule has 0 radical (unpaired) electrons. The molecule has 0 unspecified atom stereocenters. The van der Waals surface area contributed by atoms with Crippen molar-refractivity contribution in [1.29, 1.82) is 0 Å². The van der Waals surface area contributed by atoms with Crippen LogP contribution < -0.4 is 10.9 Å². The summed E-state index contributed by atoms with van der Waals surface area (Å²) in [5.41, 5.74) is 3.30. The molecule has 8 heteroatoms. The lowest BCUT2D eigenvalue weighted by Gasteiger charge is -2.04. The maximum Gasteiger partial charge on any atom is 0.263 e. The summed E-state index contributed by atoms with van der Waals surface area (Å²) in [6.07, 6.45) is 3.80. The number of fused-ring (bicyclic) bond motifs is 1. The summed E-state index contributed by atoms with van der Waals surface area (Å²) in [6, 6.07) is 8.02. The summed E-state index contributed by atoms with van der Waals surface area (Å²) in [5.74, 6) is 1.01. The molecular weight excluding hydrogens is 332 g/mol. The zero-order valence-electron chi connectivity index (χ0n) is 14.5. The first kappa shape index (κ1) is 16.1. The van der Waals surface area contributed by atoms with E-state index in [1.807, 2.05) is 31.2 Å². The SMILES string of the molecule is Cc1ccc(-c2nc(CCNc3nc4c(cnn4C)c(=O)[nH]3)co2)cc1. The summed E-state index contributed by atoms with van der Waals surface area (Å²) in [6.45, 7) is 2.60. The van der Waals surface area contributed by atoms with Crippen molar-refractivity contribution in [3.05, 3.63) is 58.3 Å². The molecule has 132 valence electrons. The first-order valence-electron chi connectivity index (χ1n) is 8.27. The molecule has 0 bridgehead atoms. The van der Waals surface area contributed by atoms with Gasteiger partial charge in [0.05, 0.1) is 11.9 Å². The number of hydrogen-bond donors (Lipinski definition) is 2. The molecule has 0 aliphatic carbocycles. The van der Waals surface area contributed by atoms with Crippen LogP contribution in [0.15, 0.2) is 45.9 Å². The van der Waals surface area contributed by atoms with Crippen LogP contribution in [0.2, 0.25) is 0 Å². The molecule has 1 aromatic carbocycles. The third-order valence-electron chi connectivity index (χ3n) is 4.13. The Kier molecular flexibility index (Phi) is 4.00. The summed E-state index contributed by atoms with van der Waals surface area (Å²) < 4.78 is 7.12. The monoisotopic (exact) mass is 350 g/mol. The fourth-order valence-corrected chi connectivity index (χ4v) is 2.68. The molecule has 3 heterocycles. The van der Waals surface area contributed by atoms with E-state index >= 15 is 0 Å². The number of benzene rings is 1. The minimum absolute atomic E-state index is 0.214. The van der Waals surface area contributed by atoms with Gasteiger partial charge >= 0.3 is 0 Å². The molecule has 0 amide bonds. The number of aryl methyl sites for hydroxylation is 2. The number of aromatic nitrogens is 5. The summed E-state index contributed by atoms with van der Waals surface area (Å²) in [5, 5.41) is 7.63. The third-order valence-corrected chi connectivity index (χ3v) is 4.13. The van der Waals surface area contributed by atoms with Crippen LogP contribution in [0, 0.1) is 6.92 Å². The van der Waals surface area contributed by atoms with E-state index in [1.54, 1.807) is 18.0 Å². The first-order chi connectivity index (χ1) is 12.6. The molecule has 26 heavy (non-hydrogen) atoms. The van der Waals surface area contributed by atoms with Gasteiger partial charge < -0.3 is 9.73 Å². The lowest BCUT2D eigenvalue weighted by atomic mass is 10.1. The van der Waals surface area contributed by atoms with Crippen molar-refractivity contribution < 1.29 is 4.42 Å². The van der Waals surface area contributed by atoms with Crippen LogP contribution in [-0.2, 0) is 13.5 Å². The zero-order chi connectivity index (χ0) is 18.1. The van der Waals surface area contributed by atoms with E-state index < -0.39 is 0 Å². The number of H-pyrrole nitrogens is 1. The summed E-state index contributed by atoms with van der Waals surface area (Å²) in [7, 11) is 1.75. The molecule has 8 nitrogen and oxygen atoms in total. The van der Waals surface area contributed by atoms with E-state index in [4.69, 9.17) is 4.42 Å². The molecule has 3 aromatic heterocycles. The highest BCUT2D eigenvalue weighted by molar-refractivity contribution is 5.74. The molecule has 0 saturated carbocycles. The number of hydrogen-bond acceptors (Lipinski definition) is 6. The number of nitrogens with one attached hydrogen (secondary N) is 2. The van der Waals surface area contributed by atoms with Crippen molar-refractivity contribution in [2.75, 3.05) is 11.9 Å². The Balaban J connectivity index is 1.43. The van der Waals surface area contributed by atoms with Gasteiger partial charge in [-0.05, 0) is 19.1 Å². The molecular formula is C18H18N6O2. The number of aromatic amines is 1. The lowest BCUT2D eigenvalue weighted by molar-refractivity contribution is 0.572. The number of oxazole rings is 1. The molecule has 0 spiro atoms. The van der Waals surface area contributed by atoms with Gasteiger partial charge in [-0.2, -0.15) is 10.1 Å². The predicted molar refractivity (Wildman–Crippen MR) is 98.0 cm³/mol. The van der Waals surface area contributed by atoms with Crippen molar-refractivity contribution in [3.8, 4) is 11.5 Å². The van der Waals surface area contributed by atoms with Gasteiger partial charge in [0.2, 0.25) is 11.8 Å². The van der Waals surface area contributed by atoms with Crippen LogP contribution in [0.4, 0.5) is 5.95 Å². The maximum absolute atomic E-state index is 12.0. The second-order valence-corrected chi connectivity index (χ2v) is 6.11. The Morgan fingerprint density at radius 3 is 2.85 bits per heavy atom. The highest BCUT2D eigenvalue weighted by atomic mass is 16.3. The third kappa shape index (κ3) is 3.08. The minimum Gasteiger partial charge on any atom is -0.444 e. The van der Waals surface area contributed by atoms with Gasteiger partial charge in [0.1, 0.15) is 11.6 Å².